The van der Waals surface area contributed by atoms with Gasteiger partial charge in [-0.3, -0.25) is 0 Å². The molecule has 0 unspecified atom stereocenters. The van der Waals surface area contributed by atoms with Crippen LogP contribution in [0.5, 0.6) is 0 Å². The first-order valence-corrected chi connectivity index (χ1v) is 16.8. The zero-order chi connectivity index (χ0) is 29.5. The lowest BCUT2D eigenvalue weighted by Gasteiger charge is -2.21. The average molecular weight is 624 g/mol. The molecule has 3 rings (SSSR count). The van der Waals surface area contributed by atoms with Crippen molar-refractivity contribution in [1.29, 1.82) is 0 Å². The van der Waals surface area contributed by atoms with Gasteiger partial charge in [-0.15, -0.1) is 0 Å². The third-order valence-electron chi connectivity index (χ3n) is 6.63. The summed E-state index contributed by atoms with van der Waals surface area (Å²) in [7, 11) is -3.80. The molecule has 0 aliphatic rings. The second-order valence-electron chi connectivity index (χ2n) is 9.84. The summed E-state index contributed by atoms with van der Waals surface area (Å²) in [6.07, 6.45) is 5.65. The second-order valence-corrected chi connectivity index (χ2v) is 12.3. The number of benzene rings is 2. The Morgan fingerprint density at radius 3 is 2.29 bits per heavy atom. The average Bonchev–Trinajstić information content (AvgIpc) is 3.38. The van der Waals surface area contributed by atoms with E-state index < -0.39 is 10.0 Å². The van der Waals surface area contributed by atoms with Crippen LogP contribution in [-0.4, -0.2) is 73.9 Å². The van der Waals surface area contributed by atoms with Crippen LogP contribution in [0.25, 0.3) is 16.9 Å². The molecule has 2 aromatic carbocycles. The number of unbranched alkanes of at least 4 members (excludes halogenated alkanes) is 4. The third-order valence-corrected chi connectivity index (χ3v) is 7.99. The molecule has 0 saturated carbocycles. The van der Waals surface area contributed by atoms with Crippen molar-refractivity contribution in [2.75, 3.05) is 50.8 Å². The van der Waals surface area contributed by atoms with Gasteiger partial charge in [-0.2, -0.15) is 30.4 Å². The SMILES string of the molecule is NS(=O)(=O)c1ccc(-n2nc(COCCCCCCCN(CCS)CCNCCS)cc2-c2ccc(F)cc2)cc1. The molecule has 8 nitrogen and oxygen atoms in total. The van der Waals surface area contributed by atoms with E-state index >= 15 is 0 Å². The van der Waals surface area contributed by atoms with Crippen LogP contribution in [-0.2, 0) is 21.4 Å². The lowest BCUT2D eigenvalue weighted by Crippen LogP contribution is -2.34. The van der Waals surface area contributed by atoms with Crippen molar-refractivity contribution in [1.82, 2.24) is 20.0 Å². The molecule has 0 aliphatic carbocycles. The minimum Gasteiger partial charge on any atom is -0.375 e. The summed E-state index contributed by atoms with van der Waals surface area (Å²) in [6, 6.07) is 14.2. The van der Waals surface area contributed by atoms with Crippen LogP contribution >= 0.6 is 25.3 Å². The van der Waals surface area contributed by atoms with Crippen molar-refractivity contribution in [3.63, 3.8) is 0 Å². The van der Waals surface area contributed by atoms with Crippen LogP contribution in [0, 0.1) is 5.82 Å². The van der Waals surface area contributed by atoms with Gasteiger partial charge in [-0.25, -0.2) is 22.6 Å². The highest BCUT2D eigenvalue weighted by Gasteiger charge is 2.14. The van der Waals surface area contributed by atoms with Gasteiger partial charge < -0.3 is 15.0 Å². The first-order valence-electron chi connectivity index (χ1n) is 14.0. The van der Waals surface area contributed by atoms with Gasteiger partial charge in [0.05, 0.1) is 28.6 Å². The fraction of sp³-hybridized carbons (Fsp3) is 0.483. The number of hydrogen-bond acceptors (Lipinski definition) is 8. The van der Waals surface area contributed by atoms with Crippen LogP contribution in [0.4, 0.5) is 4.39 Å². The van der Waals surface area contributed by atoms with Gasteiger partial charge in [0.15, 0.2) is 0 Å². The summed E-state index contributed by atoms with van der Waals surface area (Å²) in [5.74, 6) is 1.41. The van der Waals surface area contributed by atoms with Crippen LogP contribution in [0.2, 0.25) is 0 Å². The van der Waals surface area contributed by atoms with Crippen LogP contribution in [0.15, 0.2) is 59.5 Å². The molecule has 0 aliphatic heterocycles. The molecule has 0 radical (unpaired) electrons. The maximum atomic E-state index is 13.5. The molecule has 3 aromatic rings. The lowest BCUT2D eigenvalue weighted by atomic mass is 10.1. The first kappa shape index (κ1) is 33.6. The molecule has 226 valence electrons. The molecule has 0 atom stereocenters. The third kappa shape index (κ3) is 11.7. The Kier molecular flexibility index (Phi) is 14.7. The summed E-state index contributed by atoms with van der Waals surface area (Å²) in [6.45, 7) is 6.07. The van der Waals surface area contributed by atoms with Gasteiger partial charge >= 0.3 is 0 Å². The largest absolute Gasteiger partial charge is 0.375 e. The standard InChI is InChI=1S/C29H42FN5O3S3/c30-25-8-6-24(7-9-25)29-22-26(33-35(29)27-10-12-28(13-11-27)41(31,36)37)23-38-19-5-3-1-2-4-16-34(18-21-40)17-14-32-15-20-39/h6-13,22,32,39-40H,1-5,14-21,23H2,(H2,31,36,37). The first-order chi connectivity index (χ1) is 19.8. The highest BCUT2D eigenvalue weighted by Crippen LogP contribution is 2.25. The molecule has 3 N–H and O–H groups in total. The minimum absolute atomic E-state index is 0.0208. The monoisotopic (exact) mass is 623 g/mol. The van der Waals surface area contributed by atoms with E-state index in [4.69, 9.17) is 15.0 Å². The molecule has 41 heavy (non-hydrogen) atoms. The Bertz CT molecular complexity index is 1270. The predicted octanol–water partition coefficient (Wildman–Crippen LogP) is 4.54. The number of sulfonamides is 1. The maximum Gasteiger partial charge on any atom is 0.238 e. The van der Waals surface area contributed by atoms with E-state index in [0.29, 0.717) is 18.9 Å². The Morgan fingerprint density at radius 2 is 1.61 bits per heavy atom. The van der Waals surface area contributed by atoms with Crippen molar-refractivity contribution < 1.29 is 17.5 Å². The van der Waals surface area contributed by atoms with Crippen molar-refractivity contribution >= 4 is 35.3 Å². The van der Waals surface area contributed by atoms with Gasteiger partial charge in [0.25, 0.3) is 0 Å². The number of nitrogens with one attached hydrogen (secondary N) is 1. The number of thiol groups is 2. The molecule has 0 bridgehead atoms. The van der Waals surface area contributed by atoms with Gasteiger partial charge in [-0.05, 0) is 74.0 Å². The topological polar surface area (TPSA) is 102 Å². The van der Waals surface area contributed by atoms with E-state index in [2.05, 4.69) is 35.5 Å². The van der Waals surface area contributed by atoms with Crippen molar-refractivity contribution in [3.8, 4) is 16.9 Å². The van der Waals surface area contributed by atoms with E-state index in [1.54, 1.807) is 28.9 Å². The number of hydrogen-bond donors (Lipinski definition) is 4. The van der Waals surface area contributed by atoms with Gasteiger partial charge in [-0.1, -0.05) is 19.3 Å². The molecule has 0 fully saturated rings. The molecule has 0 amide bonds. The number of ether oxygens (including phenoxy) is 1. The number of nitrogens with zero attached hydrogens (tertiary/aromatic N) is 3. The van der Waals surface area contributed by atoms with E-state index in [1.807, 2.05) is 6.07 Å². The Labute approximate surface area is 254 Å². The zero-order valence-corrected chi connectivity index (χ0v) is 26.0. The van der Waals surface area contributed by atoms with Crippen LogP contribution in [0.1, 0.15) is 37.8 Å². The fourth-order valence-corrected chi connectivity index (χ4v) is 5.42. The predicted molar refractivity (Wildman–Crippen MR) is 170 cm³/mol. The summed E-state index contributed by atoms with van der Waals surface area (Å²) in [5, 5.41) is 13.3. The summed E-state index contributed by atoms with van der Waals surface area (Å²) in [4.78, 5) is 2.49. The molecule has 0 saturated heterocycles. The van der Waals surface area contributed by atoms with Crippen molar-refractivity contribution in [3.05, 3.63) is 66.1 Å². The summed E-state index contributed by atoms with van der Waals surface area (Å²) >= 11 is 8.62. The summed E-state index contributed by atoms with van der Waals surface area (Å²) in [5.41, 5.74) is 2.91. The number of aromatic nitrogens is 2. The fourth-order valence-electron chi connectivity index (χ4n) is 4.47. The summed E-state index contributed by atoms with van der Waals surface area (Å²) < 4.78 is 44.5. The highest BCUT2D eigenvalue weighted by atomic mass is 32.2. The Balaban J connectivity index is 1.46. The lowest BCUT2D eigenvalue weighted by molar-refractivity contribution is 0.114. The molecule has 1 heterocycles. The van der Waals surface area contributed by atoms with Crippen LogP contribution < -0.4 is 10.5 Å². The Morgan fingerprint density at radius 1 is 0.902 bits per heavy atom. The van der Waals surface area contributed by atoms with E-state index in [9.17, 15) is 12.8 Å². The number of nitrogens with two attached hydrogens (primary N) is 1. The van der Waals surface area contributed by atoms with Crippen molar-refractivity contribution in [2.24, 2.45) is 5.14 Å². The smallest absolute Gasteiger partial charge is 0.238 e. The minimum atomic E-state index is -3.80. The van der Waals surface area contributed by atoms with Crippen LogP contribution in [0.3, 0.4) is 0 Å². The highest BCUT2D eigenvalue weighted by molar-refractivity contribution is 7.89. The normalized spacial score (nSPS) is 11.9. The zero-order valence-electron chi connectivity index (χ0n) is 23.4. The Hall–Kier alpha value is -1.93. The molecule has 1 aromatic heterocycles. The second kappa shape index (κ2) is 17.9. The molecule has 12 heteroatoms. The van der Waals surface area contributed by atoms with Crippen molar-refractivity contribution in [2.45, 2.75) is 43.6 Å². The molecular weight excluding hydrogens is 582 g/mol. The molecule has 0 spiro atoms. The number of rotatable bonds is 20. The van der Waals surface area contributed by atoms with E-state index in [1.165, 1.54) is 43.5 Å². The quantitative estimate of drug-likeness (QED) is 0.109. The van der Waals surface area contributed by atoms with E-state index in [0.717, 1.165) is 74.0 Å². The molecular formula is C29H42FN5O3S3. The van der Waals surface area contributed by atoms with Gasteiger partial charge in [0, 0.05) is 49.9 Å². The van der Waals surface area contributed by atoms with Gasteiger partial charge in [0.2, 0.25) is 10.0 Å². The van der Waals surface area contributed by atoms with Gasteiger partial charge in [0.1, 0.15) is 5.82 Å². The van der Waals surface area contributed by atoms with E-state index in [-0.39, 0.29) is 10.7 Å². The number of primary sulfonamides is 1. The maximum absolute atomic E-state index is 13.5. The number of halogens is 1.